The van der Waals surface area contributed by atoms with Crippen molar-refractivity contribution in [2.24, 2.45) is 5.41 Å². The quantitative estimate of drug-likeness (QED) is 0.571. The van der Waals surface area contributed by atoms with Crippen LogP contribution in [0.25, 0.3) is 0 Å². The Balaban J connectivity index is 3.12. The first-order valence-electron chi connectivity index (χ1n) is 6.73. The van der Waals surface area contributed by atoms with Crippen LogP contribution < -0.4 is 5.32 Å². The number of nitrogens with zero attached hydrogens (tertiary/aromatic N) is 1. The zero-order chi connectivity index (χ0) is 13.0. The van der Waals surface area contributed by atoms with Gasteiger partial charge in [-0.1, -0.05) is 12.8 Å². The van der Waals surface area contributed by atoms with Crippen LogP contribution in [0, 0.1) is 16.7 Å². The van der Waals surface area contributed by atoms with Crippen molar-refractivity contribution in [1.29, 1.82) is 5.26 Å². The van der Waals surface area contributed by atoms with Gasteiger partial charge in [0.2, 0.25) is 0 Å². The summed E-state index contributed by atoms with van der Waals surface area (Å²) in [5.74, 6) is 1.29. The van der Waals surface area contributed by atoms with E-state index in [2.05, 4.69) is 17.6 Å². The third-order valence-electron chi connectivity index (χ3n) is 2.91. The molecule has 0 heterocycles. The predicted molar refractivity (Wildman–Crippen MR) is 78.3 cm³/mol. The molecule has 100 valence electrons. The molecule has 0 saturated heterocycles. The Morgan fingerprint density at radius 3 is 2.29 bits per heavy atom. The highest BCUT2D eigenvalue weighted by molar-refractivity contribution is 7.98. The van der Waals surface area contributed by atoms with Gasteiger partial charge in [0.15, 0.2) is 0 Å². The van der Waals surface area contributed by atoms with E-state index in [1.54, 1.807) is 0 Å². The highest BCUT2D eigenvalue weighted by Gasteiger charge is 2.14. The third-order valence-corrected chi connectivity index (χ3v) is 3.61. The summed E-state index contributed by atoms with van der Waals surface area (Å²) >= 11 is 1.93. The molecule has 0 saturated carbocycles. The lowest BCUT2D eigenvalue weighted by Crippen LogP contribution is -2.17. The van der Waals surface area contributed by atoms with Crippen LogP contribution in [-0.4, -0.2) is 25.1 Å². The first-order chi connectivity index (χ1) is 8.12. The molecule has 0 aliphatic heterocycles. The highest BCUT2D eigenvalue weighted by Crippen LogP contribution is 2.21. The van der Waals surface area contributed by atoms with Crippen LogP contribution in [0.2, 0.25) is 0 Å². The Labute approximate surface area is 112 Å². The molecule has 0 aromatic rings. The second kappa shape index (κ2) is 10.9. The lowest BCUT2D eigenvalue weighted by Gasteiger charge is -2.14. The zero-order valence-corrected chi connectivity index (χ0v) is 12.5. The summed E-state index contributed by atoms with van der Waals surface area (Å²) in [5.41, 5.74) is -0.141. The van der Waals surface area contributed by atoms with Crippen molar-refractivity contribution in [3.63, 3.8) is 0 Å². The van der Waals surface area contributed by atoms with Crippen molar-refractivity contribution in [2.75, 3.05) is 25.1 Å². The van der Waals surface area contributed by atoms with Gasteiger partial charge in [0.05, 0.1) is 11.5 Å². The summed E-state index contributed by atoms with van der Waals surface area (Å²) in [7, 11) is 0. The third kappa shape index (κ3) is 12.1. The molecule has 2 nitrogen and oxygen atoms in total. The molecule has 3 heteroatoms. The number of nitriles is 1. The molecule has 0 amide bonds. The Morgan fingerprint density at radius 1 is 1.06 bits per heavy atom. The lowest BCUT2D eigenvalue weighted by molar-refractivity contribution is 0.422. The van der Waals surface area contributed by atoms with Gasteiger partial charge in [-0.25, -0.2) is 0 Å². The van der Waals surface area contributed by atoms with Gasteiger partial charge in [0.25, 0.3) is 0 Å². The molecule has 0 bridgehead atoms. The molecule has 0 fully saturated rings. The van der Waals surface area contributed by atoms with Gasteiger partial charge >= 0.3 is 0 Å². The van der Waals surface area contributed by atoms with Gasteiger partial charge in [-0.3, -0.25) is 0 Å². The zero-order valence-electron chi connectivity index (χ0n) is 11.7. The van der Waals surface area contributed by atoms with E-state index >= 15 is 0 Å². The average molecular weight is 256 g/mol. The average Bonchev–Trinajstić information content (AvgIpc) is 2.31. The molecule has 0 atom stereocenters. The van der Waals surface area contributed by atoms with E-state index in [1.165, 1.54) is 31.4 Å². The van der Waals surface area contributed by atoms with Crippen LogP contribution in [0.3, 0.4) is 0 Å². The van der Waals surface area contributed by atoms with Gasteiger partial charge in [0, 0.05) is 0 Å². The molecule has 0 rings (SSSR count). The predicted octanol–water partition coefficient (Wildman–Crippen LogP) is 3.83. The van der Waals surface area contributed by atoms with Crippen molar-refractivity contribution < 1.29 is 0 Å². The van der Waals surface area contributed by atoms with Gasteiger partial charge in [-0.05, 0) is 64.6 Å². The SMILES string of the molecule is CSCCCCCNCCCCC(C)(C)C#N. The van der Waals surface area contributed by atoms with Crippen LogP contribution >= 0.6 is 11.8 Å². The molecule has 0 unspecified atom stereocenters. The van der Waals surface area contributed by atoms with Crippen molar-refractivity contribution in [3.05, 3.63) is 0 Å². The van der Waals surface area contributed by atoms with Gasteiger partial charge in [-0.15, -0.1) is 0 Å². The van der Waals surface area contributed by atoms with Gasteiger partial charge in [-0.2, -0.15) is 17.0 Å². The number of thioether (sulfide) groups is 1. The summed E-state index contributed by atoms with van der Waals surface area (Å²) in [6, 6.07) is 2.35. The highest BCUT2D eigenvalue weighted by atomic mass is 32.2. The summed E-state index contributed by atoms with van der Waals surface area (Å²) in [5, 5.41) is 12.3. The van der Waals surface area contributed by atoms with E-state index in [9.17, 15) is 0 Å². The van der Waals surface area contributed by atoms with Crippen molar-refractivity contribution >= 4 is 11.8 Å². The van der Waals surface area contributed by atoms with E-state index in [-0.39, 0.29) is 5.41 Å². The van der Waals surface area contributed by atoms with Crippen LogP contribution in [0.1, 0.15) is 52.4 Å². The standard InChI is InChI=1S/C14H28N2S/c1-14(2,13-15)9-5-7-11-16-10-6-4-8-12-17-3/h16H,4-12H2,1-3H3. The topological polar surface area (TPSA) is 35.8 Å². The van der Waals surface area contributed by atoms with Crippen LogP contribution in [0.5, 0.6) is 0 Å². The summed E-state index contributed by atoms with van der Waals surface area (Å²) in [6.45, 7) is 6.29. The smallest absolute Gasteiger partial charge is 0.0683 e. The fourth-order valence-electron chi connectivity index (χ4n) is 1.67. The maximum Gasteiger partial charge on any atom is 0.0683 e. The van der Waals surface area contributed by atoms with E-state index in [0.29, 0.717) is 0 Å². The number of rotatable bonds is 11. The molecule has 0 aliphatic rings. The largest absolute Gasteiger partial charge is 0.317 e. The van der Waals surface area contributed by atoms with Gasteiger partial charge < -0.3 is 5.32 Å². The lowest BCUT2D eigenvalue weighted by atomic mass is 9.89. The van der Waals surface area contributed by atoms with Gasteiger partial charge in [0.1, 0.15) is 0 Å². The number of unbranched alkanes of at least 4 members (excludes halogenated alkanes) is 3. The van der Waals surface area contributed by atoms with E-state index in [1.807, 2.05) is 25.6 Å². The van der Waals surface area contributed by atoms with E-state index in [0.717, 1.165) is 25.9 Å². The first-order valence-corrected chi connectivity index (χ1v) is 8.13. The second-order valence-corrected chi connectivity index (χ2v) is 6.24. The second-order valence-electron chi connectivity index (χ2n) is 5.26. The molecule has 0 aromatic heterocycles. The molecule has 1 N–H and O–H groups in total. The molecule has 17 heavy (non-hydrogen) atoms. The fraction of sp³-hybridized carbons (Fsp3) is 0.929. The number of nitrogens with one attached hydrogen (secondary N) is 1. The molecular weight excluding hydrogens is 228 g/mol. The fourth-order valence-corrected chi connectivity index (χ4v) is 2.16. The first kappa shape index (κ1) is 16.8. The molecular formula is C14H28N2S. The number of hydrogen-bond donors (Lipinski definition) is 1. The maximum atomic E-state index is 8.87. The van der Waals surface area contributed by atoms with Crippen molar-refractivity contribution in [1.82, 2.24) is 5.32 Å². The molecule has 0 radical (unpaired) electrons. The normalized spacial score (nSPS) is 11.4. The van der Waals surface area contributed by atoms with Crippen LogP contribution in [-0.2, 0) is 0 Å². The minimum atomic E-state index is -0.141. The number of hydrogen-bond acceptors (Lipinski definition) is 3. The minimum absolute atomic E-state index is 0.141. The van der Waals surface area contributed by atoms with Crippen molar-refractivity contribution in [2.45, 2.75) is 52.4 Å². The Bertz CT molecular complexity index is 209. The van der Waals surface area contributed by atoms with E-state index < -0.39 is 0 Å². The van der Waals surface area contributed by atoms with Crippen molar-refractivity contribution in [3.8, 4) is 6.07 Å². The Hall–Kier alpha value is -0.200. The minimum Gasteiger partial charge on any atom is -0.317 e. The summed E-state index contributed by atoms with van der Waals surface area (Å²) < 4.78 is 0. The maximum absolute atomic E-state index is 8.87. The monoisotopic (exact) mass is 256 g/mol. The van der Waals surface area contributed by atoms with E-state index in [4.69, 9.17) is 5.26 Å². The molecule has 0 aromatic carbocycles. The molecule has 0 spiro atoms. The van der Waals surface area contributed by atoms with Crippen LogP contribution in [0.4, 0.5) is 0 Å². The Morgan fingerprint density at radius 2 is 1.71 bits per heavy atom. The summed E-state index contributed by atoms with van der Waals surface area (Å²) in [6.07, 6.45) is 9.51. The Kier molecular flexibility index (Phi) is 10.8. The summed E-state index contributed by atoms with van der Waals surface area (Å²) in [4.78, 5) is 0. The van der Waals surface area contributed by atoms with Crippen LogP contribution in [0.15, 0.2) is 0 Å². The molecule has 0 aliphatic carbocycles.